The Kier molecular flexibility index (Phi) is 8.44. The molecule has 5 aromatic rings. The van der Waals surface area contributed by atoms with E-state index in [9.17, 15) is 28.5 Å². The lowest BCUT2D eigenvalue weighted by atomic mass is 10.0. The minimum Gasteiger partial charge on any atom is -0.367 e. The van der Waals surface area contributed by atoms with Gasteiger partial charge in [-0.05, 0) is 61.1 Å². The van der Waals surface area contributed by atoms with Crippen LogP contribution in [0.3, 0.4) is 0 Å². The first-order valence-corrected chi connectivity index (χ1v) is 15.4. The molecule has 45 heavy (non-hydrogen) atoms. The van der Waals surface area contributed by atoms with Gasteiger partial charge >= 0.3 is 6.18 Å². The molecule has 1 aliphatic heterocycles. The Bertz CT molecular complexity index is 1900. The Morgan fingerprint density at radius 3 is 2.56 bits per heavy atom. The van der Waals surface area contributed by atoms with E-state index in [1.165, 1.54) is 24.0 Å². The van der Waals surface area contributed by atoms with Crippen molar-refractivity contribution in [3.8, 4) is 6.07 Å². The number of aromatic nitrogens is 3. The molecule has 0 saturated carbocycles. The predicted molar refractivity (Wildman–Crippen MR) is 167 cm³/mol. The molecule has 0 atom stereocenters. The van der Waals surface area contributed by atoms with Gasteiger partial charge in [0.25, 0.3) is 5.69 Å². The highest BCUT2D eigenvalue weighted by Crippen LogP contribution is 2.33. The average molecular weight is 634 g/mol. The predicted octanol–water partition coefficient (Wildman–Crippen LogP) is 7.16. The summed E-state index contributed by atoms with van der Waals surface area (Å²) in [5.41, 5.74) is 4.91. The van der Waals surface area contributed by atoms with Crippen molar-refractivity contribution in [2.45, 2.75) is 57.9 Å². The molecule has 9 nitrogen and oxygen atoms in total. The fourth-order valence-electron chi connectivity index (χ4n) is 6.03. The summed E-state index contributed by atoms with van der Waals surface area (Å²) < 4.78 is 40.7. The quantitative estimate of drug-likeness (QED) is 0.135. The molecule has 1 aliphatic rings. The fourth-order valence-corrected chi connectivity index (χ4v) is 7.05. The molecule has 0 spiro atoms. The Balaban J connectivity index is 1.09. The number of hydrogen-bond donors (Lipinski definition) is 1. The maximum atomic E-state index is 12.9. The van der Waals surface area contributed by atoms with Crippen LogP contribution in [0.4, 0.5) is 24.7 Å². The molecule has 3 aromatic heterocycles. The van der Waals surface area contributed by atoms with Crippen LogP contribution < -0.4 is 5.32 Å². The van der Waals surface area contributed by atoms with E-state index in [2.05, 4.69) is 45.3 Å². The first-order valence-electron chi connectivity index (χ1n) is 14.6. The van der Waals surface area contributed by atoms with Crippen molar-refractivity contribution >= 4 is 44.0 Å². The third kappa shape index (κ3) is 6.77. The maximum Gasteiger partial charge on any atom is 0.393 e. The number of hydrogen-bond acceptors (Lipinski definition) is 8. The molecule has 0 unspecified atom stereocenters. The highest BCUT2D eigenvalue weighted by molar-refractivity contribution is 7.18. The van der Waals surface area contributed by atoms with Crippen LogP contribution in [0.1, 0.15) is 40.1 Å². The Morgan fingerprint density at radius 2 is 1.87 bits per heavy atom. The molecule has 6 rings (SSSR count). The minimum atomic E-state index is -4.27. The molecule has 1 saturated heterocycles. The lowest BCUT2D eigenvalue weighted by Crippen LogP contribution is -2.39. The zero-order valence-electron chi connectivity index (χ0n) is 24.5. The molecule has 0 amide bonds. The number of benzene rings is 2. The van der Waals surface area contributed by atoms with Gasteiger partial charge in [0.05, 0.1) is 16.7 Å². The summed E-state index contributed by atoms with van der Waals surface area (Å²) in [6.07, 6.45) is -1.47. The van der Waals surface area contributed by atoms with Gasteiger partial charge in [-0.1, -0.05) is 18.2 Å². The first kappa shape index (κ1) is 30.5. The number of alkyl halides is 3. The fraction of sp³-hybridized carbons (Fsp3) is 0.344. The van der Waals surface area contributed by atoms with E-state index >= 15 is 0 Å². The van der Waals surface area contributed by atoms with E-state index in [1.807, 2.05) is 10.6 Å². The van der Waals surface area contributed by atoms with Gasteiger partial charge < -0.3 is 9.88 Å². The molecular weight excluding hydrogens is 603 g/mol. The molecule has 0 bridgehead atoms. The van der Waals surface area contributed by atoms with E-state index in [0.29, 0.717) is 34.7 Å². The number of nitrogens with one attached hydrogen (secondary N) is 1. The van der Waals surface area contributed by atoms with Crippen molar-refractivity contribution in [2.75, 3.05) is 18.4 Å². The number of rotatable bonds is 9. The molecule has 232 valence electrons. The number of non-ortho nitro benzene ring substituents is 1. The number of anilines is 1. The van der Waals surface area contributed by atoms with Crippen LogP contribution in [0.5, 0.6) is 0 Å². The van der Waals surface area contributed by atoms with E-state index in [-0.39, 0.29) is 16.6 Å². The smallest absolute Gasteiger partial charge is 0.367 e. The maximum absolute atomic E-state index is 12.9. The number of piperidine rings is 1. The second-order valence-corrected chi connectivity index (χ2v) is 12.5. The lowest BCUT2D eigenvalue weighted by Gasteiger charge is -2.33. The summed E-state index contributed by atoms with van der Waals surface area (Å²) in [7, 11) is 0. The van der Waals surface area contributed by atoms with Crippen molar-refractivity contribution in [1.29, 1.82) is 5.26 Å². The third-order valence-corrected chi connectivity index (χ3v) is 9.47. The monoisotopic (exact) mass is 633 g/mol. The van der Waals surface area contributed by atoms with Crippen LogP contribution in [-0.4, -0.2) is 49.7 Å². The number of likely N-dealkylation sites (tertiary alicyclic amines) is 1. The van der Waals surface area contributed by atoms with Gasteiger partial charge in [-0.15, -0.1) is 11.3 Å². The molecule has 13 heteroatoms. The van der Waals surface area contributed by atoms with Gasteiger partial charge in [0.15, 0.2) is 0 Å². The largest absolute Gasteiger partial charge is 0.393 e. The summed E-state index contributed by atoms with van der Waals surface area (Å²) in [4.78, 5) is 22.2. The molecule has 1 N–H and O–H groups in total. The number of nitrogens with zero attached hydrogens (tertiary/aromatic N) is 6. The molecule has 4 heterocycles. The van der Waals surface area contributed by atoms with Crippen LogP contribution in [0.25, 0.3) is 21.1 Å². The van der Waals surface area contributed by atoms with Crippen LogP contribution in [0.15, 0.2) is 54.9 Å². The molecule has 0 aliphatic carbocycles. The molecule has 1 fully saturated rings. The zero-order chi connectivity index (χ0) is 31.7. The summed E-state index contributed by atoms with van der Waals surface area (Å²) in [6, 6.07) is 16.6. The van der Waals surface area contributed by atoms with Gasteiger partial charge in [-0.3, -0.25) is 15.0 Å². The number of fused-ring (bicyclic) bond motifs is 2. The number of aryl methyl sites for hydroxylation is 3. The van der Waals surface area contributed by atoms with Gasteiger partial charge in [-0.25, -0.2) is 9.97 Å². The van der Waals surface area contributed by atoms with Crippen molar-refractivity contribution in [3.05, 3.63) is 92.2 Å². The van der Waals surface area contributed by atoms with Crippen molar-refractivity contribution in [2.24, 2.45) is 0 Å². The summed E-state index contributed by atoms with van der Waals surface area (Å²) in [5.74, 6) is 0.579. The lowest BCUT2D eigenvalue weighted by molar-refractivity contribution is -0.384. The average Bonchev–Trinajstić information content (AvgIpc) is 3.59. The highest BCUT2D eigenvalue weighted by Gasteiger charge is 2.29. The molecule has 2 aromatic carbocycles. The van der Waals surface area contributed by atoms with Gasteiger partial charge in [-0.2, -0.15) is 18.4 Å². The second kappa shape index (κ2) is 12.5. The molecular formula is C32H30F3N7O2S. The van der Waals surface area contributed by atoms with E-state index in [1.54, 1.807) is 18.2 Å². The van der Waals surface area contributed by atoms with Gasteiger partial charge in [0.1, 0.15) is 28.7 Å². The van der Waals surface area contributed by atoms with Crippen molar-refractivity contribution in [3.63, 3.8) is 0 Å². The SMILES string of the molecule is Cc1c(CN2CCC(Nc3ncnc4sc(CC(F)(F)F)cc34)CC2)ccc2c1cc(C#N)n2CCc1ccc([N+](=O)[O-])cc1. The Morgan fingerprint density at radius 1 is 1.11 bits per heavy atom. The zero-order valence-corrected chi connectivity index (χ0v) is 25.3. The number of halogens is 3. The van der Waals surface area contributed by atoms with Crippen molar-refractivity contribution < 1.29 is 18.1 Å². The summed E-state index contributed by atoms with van der Waals surface area (Å²) in [5, 5.41) is 25.9. The standard InChI is InChI=1S/C32H30F3N7O2S/c1-20-22(4-7-29-27(20)14-25(17-36)41(29)13-8-21-2-5-24(6-3-21)42(43)44)18-40-11-9-23(10-12-40)39-30-28-15-26(16-32(33,34)35)45-31(28)38-19-37-30/h2-7,14-15,19,23H,8-13,16,18H2,1H3,(H,37,38,39). The van der Waals surface area contributed by atoms with E-state index in [0.717, 1.165) is 65.8 Å². The molecule has 0 radical (unpaired) electrons. The summed E-state index contributed by atoms with van der Waals surface area (Å²) in [6.45, 7) is 5.14. The normalized spacial score (nSPS) is 14.6. The van der Waals surface area contributed by atoms with Crippen LogP contribution in [0.2, 0.25) is 0 Å². The van der Waals surface area contributed by atoms with E-state index in [4.69, 9.17) is 0 Å². The van der Waals surface area contributed by atoms with Crippen LogP contribution >= 0.6 is 11.3 Å². The third-order valence-electron chi connectivity index (χ3n) is 8.43. The number of nitro benzene ring substituents is 1. The van der Waals surface area contributed by atoms with Crippen LogP contribution in [0, 0.1) is 28.4 Å². The first-order chi connectivity index (χ1) is 21.6. The minimum absolute atomic E-state index is 0.0541. The van der Waals surface area contributed by atoms with E-state index < -0.39 is 17.5 Å². The van der Waals surface area contributed by atoms with Gasteiger partial charge in [0.2, 0.25) is 0 Å². The topological polar surface area (TPSA) is 113 Å². The van der Waals surface area contributed by atoms with Crippen LogP contribution in [-0.2, 0) is 25.9 Å². The Hall–Kier alpha value is -4.54. The Labute approximate surface area is 261 Å². The number of thiophene rings is 1. The number of nitriles is 1. The summed E-state index contributed by atoms with van der Waals surface area (Å²) >= 11 is 1.05. The second-order valence-electron chi connectivity index (χ2n) is 11.4. The number of nitro groups is 1. The highest BCUT2D eigenvalue weighted by atomic mass is 32.1. The van der Waals surface area contributed by atoms with Crippen molar-refractivity contribution in [1.82, 2.24) is 19.4 Å². The van der Waals surface area contributed by atoms with Gasteiger partial charge in [0, 0.05) is 60.1 Å².